The Morgan fingerprint density at radius 1 is 1.07 bits per heavy atom. The van der Waals surface area contributed by atoms with E-state index in [-0.39, 0.29) is 88.7 Å². The Bertz CT molecular complexity index is 299. The smallest absolute Gasteiger partial charge is 0.325 e. The summed E-state index contributed by atoms with van der Waals surface area (Å²) in [5.41, 5.74) is 0. The van der Waals surface area contributed by atoms with Gasteiger partial charge in [0.2, 0.25) is 0 Å². The second kappa shape index (κ2) is 11.0. The molecule has 0 aromatic rings. The normalized spacial score (nSPS) is 11.0. The first-order chi connectivity index (χ1) is 5.25. The van der Waals surface area contributed by atoms with Gasteiger partial charge < -0.3 is 10.2 Å². The minimum Gasteiger partial charge on any atom is -0.481 e. The monoisotopic (exact) mass is 267 g/mol. The largest absolute Gasteiger partial charge is 0.481 e. The SMILES string of the molecule is O=C(O)CC(C(=O)O)S(=O)(=O)O.[Na].[Na].[Na]. The second-order valence-corrected chi connectivity index (χ2v) is 3.54. The van der Waals surface area contributed by atoms with Crippen LogP contribution in [0.15, 0.2) is 0 Å². The molecule has 15 heavy (non-hydrogen) atoms. The molecule has 3 N–H and O–H groups in total. The van der Waals surface area contributed by atoms with Gasteiger partial charge in [0.1, 0.15) is 0 Å². The fraction of sp³-hybridized carbons (Fsp3) is 0.500. The number of carbonyl (C=O) groups is 2. The van der Waals surface area contributed by atoms with Crippen molar-refractivity contribution in [3.8, 4) is 0 Å². The van der Waals surface area contributed by atoms with Gasteiger partial charge in [-0.25, -0.2) is 0 Å². The zero-order valence-corrected chi connectivity index (χ0v) is 15.5. The number of carboxylic acids is 2. The number of aliphatic carboxylic acids is 2. The summed E-state index contributed by atoms with van der Waals surface area (Å²) in [7, 11) is -4.84. The van der Waals surface area contributed by atoms with Crippen LogP contribution in [0.25, 0.3) is 0 Å². The first kappa shape index (κ1) is 25.6. The Labute approximate surface area is 153 Å². The van der Waals surface area contributed by atoms with Crippen molar-refractivity contribution in [3.63, 3.8) is 0 Å². The van der Waals surface area contributed by atoms with Crippen LogP contribution < -0.4 is 0 Å². The molecule has 0 spiro atoms. The van der Waals surface area contributed by atoms with Crippen LogP contribution in [0, 0.1) is 0 Å². The second-order valence-electron chi connectivity index (χ2n) is 1.94. The van der Waals surface area contributed by atoms with E-state index >= 15 is 0 Å². The van der Waals surface area contributed by atoms with Crippen LogP contribution in [-0.2, 0) is 19.7 Å². The van der Waals surface area contributed by atoms with E-state index in [4.69, 9.17) is 14.8 Å². The van der Waals surface area contributed by atoms with Crippen LogP contribution in [0.5, 0.6) is 0 Å². The third-order valence-electron chi connectivity index (χ3n) is 0.995. The molecule has 0 rings (SSSR count). The van der Waals surface area contributed by atoms with Gasteiger partial charge in [0.15, 0.2) is 5.25 Å². The maximum absolute atomic E-state index is 10.2. The molecule has 1 atom stereocenters. The fourth-order valence-electron chi connectivity index (χ4n) is 0.479. The van der Waals surface area contributed by atoms with E-state index in [9.17, 15) is 18.0 Å². The van der Waals surface area contributed by atoms with E-state index in [0.29, 0.717) is 0 Å². The molecule has 3 radical (unpaired) electrons. The van der Waals surface area contributed by atoms with E-state index in [1.807, 2.05) is 0 Å². The summed E-state index contributed by atoms with van der Waals surface area (Å²) in [5.74, 6) is -3.50. The molecule has 0 aliphatic heterocycles. The van der Waals surface area contributed by atoms with Crippen molar-refractivity contribution in [1.82, 2.24) is 0 Å². The first-order valence-electron chi connectivity index (χ1n) is 2.66. The predicted molar refractivity (Wildman–Crippen MR) is 52.5 cm³/mol. The summed E-state index contributed by atoms with van der Waals surface area (Å²) in [6, 6.07) is 0. The van der Waals surface area contributed by atoms with Crippen LogP contribution in [0.1, 0.15) is 6.42 Å². The van der Waals surface area contributed by atoms with Gasteiger partial charge in [-0.1, -0.05) is 0 Å². The van der Waals surface area contributed by atoms with Gasteiger partial charge in [-0.05, 0) is 0 Å². The molecular weight excluding hydrogens is 261 g/mol. The molecule has 0 aliphatic rings. The summed E-state index contributed by atoms with van der Waals surface area (Å²) < 4.78 is 28.7. The summed E-state index contributed by atoms with van der Waals surface area (Å²) in [4.78, 5) is 20.0. The van der Waals surface area contributed by atoms with Gasteiger partial charge in [0.05, 0.1) is 6.42 Å². The quantitative estimate of drug-likeness (QED) is 0.384. The van der Waals surface area contributed by atoms with Crippen molar-refractivity contribution in [2.24, 2.45) is 0 Å². The van der Waals surface area contributed by atoms with Gasteiger partial charge in [-0.15, -0.1) is 0 Å². The van der Waals surface area contributed by atoms with E-state index in [1.54, 1.807) is 0 Å². The molecule has 1 unspecified atom stereocenters. The van der Waals surface area contributed by atoms with Crippen molar-refractivity contribution < 1.29 is 32.8 Å². The van der Waals surface area contributed by atoms with Crippen LogP contribution in [-0.4, -0.2) is 129 Å². The van der Waals surface area contributed by atoms with Gasteiger partial charge in [-0.2, -0.15) is 8.42 Å². The third kappa shape index (κ3) is 12.1. The number of hydrogen-bond donors (Lipinski definition) is 3. The van der Waals surface area contributed by atoms with Crippen molar-refractivity contribution in [3.05, 3.63) is 0 Å². The zero-order chi connectivity index (χ0) is 9.94. The average Bonchev–Trinajstić information content (AvgIpc) is 1.79. The Balaban J connectivity index is -0.000000202. The van der Waals surface area contributed by atoms with Crippen molar-refractivity contribution >= 4 is 111 Å². The summed E-state index contributed by atoms with van der Waals surface area (Å²) in [5, 5.41) is 13.9. The molecule has 11 heteroatoms. The van der Waals surface area contributed by atoms with Crippen molar-refractivity contribution in [2.75, 3.05) is 0 Å². The molecule has 0 saturated heterocycles. The predicted octanol–water partition coefficient (Wildman–Crippen LogP) is -2.34. The Morgan fingerprint density at radius 2 is 1.40 bits per heavy atom. The van der Waals surface area contributed by atoms with Gasteiger partial charge in [0.25, 0.3) is 10.1 Å². The summed E-state index contributed by atoms with van der Waals surface area (Å²) >= 11 is 0. The third-order valence-corrected chi connectivity index (χ3v) is 2.08. The molecule has 7 nitrogen and oxygen atoms in total. The number of rotatable bonds is 4. The maximum Gasteiger partial charge on any atom is 0.325 e. The topological polar surface area (TPSA) is 129 Å². The molecule has 0 aromatic carbocycles. The standard InChI is InChI=1S/C4H6O7S.3Na/c5-3(6)1-2(4(7)8)12(9,10)11;;;/h2H,1H2,(H,5,6)(H,7,8)(H,9,10,11);;;. The van der Waals surface area contributed by atoms with E-state index in [2.05, 4.69) is 0 Å². The van der Waals surface area contributed by atoms with E-state index in [1.165, 1.54) is 0 Å². The minimum absolute atomic E-state index is 0. The van der Waals surface area contributed by atoms with Crippen LogP contribution >= 0.6 is 0 Å². The Kier molecular flexibility index (Phi) is 18.7. The molecule has 0 saturated carbocycles. The van der Waals surface area contributed by atoms with E-state index in [0.717, 1.165) is 0 Å². The van der Waals surface area contributed by atoms with Gasteiger partial charge in [-0.3, -0.25) is 14.1 Å². The molecule has 0 fully saturated rings. The maximum atomic E-state index is 10.2. The summed E-state index contributed by atoms with van der Waals surface area (Å²) in [6.45, 7) is 0. The first-order valence-corrected chi connectivity index (χ1v) is 4.16. The molecule has 0 amide bonds. The summed E-state index contributed by atoms with van der Waals surface area (Å²) in [6.07, 6.45) is -1.16. The molecule has 0 bridgehead atoms. The number of hydrogen-bond acceptors (Lipinski definition) is 4. The fourth-order valence-corrected chi connectivity index (χ4v) is 1.09. The molecule has 0 heterocycles. The van der Waals surface area contributed by atoms with Crippen molar-refractivity contribution in [1.29, 1.82) is 0 Å². The Morgan fingerprint density at radius 3 is 1.47 bits per heavy atom. The van der Waals surface area contributed by atoms with Crippen molar-refractivity contribution in [2.45, 2.75) is 11.7 Å². The molecule has 73 valence electrons. The number of carboxylic acid groups (broad SMARTS) is 2. The molecule has 0 aliphatic carbocycles. The van der Waals surface area contributed by atoms with Crippen LogP contribution in [0.3, 0.4) is 0 Å². The minimum atomic E-state index is -4.84. The average molecular weight is 267 g/mol. The van der Waals surface area contributed by atoms with Crippen LogP contribution in [0.2, 0.25) is 0 Å². The zero-order valence-electron chi connectivity index (χ0n) is 8.67. The Hall–Kier alpha value is 1.85. The van der Waals surface area contributed by atoms with Crippen LogP contribution in [0.4, 0.5) is 0 Å². The molecule has 0 aromatic heterocycles. The molecular formula is C4H6Na3O7S. The van der Waals surface area contributed by atoms with Gasteiger partial charge in [0, 0.05) is 88.7 Å². The van der Waals surface area contributed by atoms with Gasteiger partial charge >= 0.3 is 11.9 Å². The van der Waals surface area contributed by atoms with E-state index < -0.39 is 33.7 Å².